The van der Waals surface area contributed by atoms with E-state index in [1.807, 2.05) is 50.2 Å². The number of carbonyl (C=O) groups excluding carboxylic acids is 2. The van der Waals surface area contributed by atoms with Gasteiger partial charge in [0, 0.05) is 43.6 Å². The lowest BCUT2D eigenvalue weighted by Crippen LogP contribution is -2.39. The SMILES string of the molecule is CC[C@H](C(=O)Nc1cccc(Nc2nccc(Oc3ccc4c(C(=O)NC)c(C)oc4c3)n2)c1)N(C)C.[2HH]. The van der Waals surface area contributed by atoms with Gasteiger partial charge in [-0.15, -0.1) is 0 Å². The molecule has 194 valence electrons. The van der Waals surface area contributed by atoms with Gasteiger partial charge in [-0.05, 0) is 57.8 Å². The molecule has 4 rings (SSSR count). The summed E-state index contributed by atoms with van der Waals surface area (Å²) in [4.78, 5) is 35.3. The van der Waals surface area contributed by atoms with E-state index in [0.717, 1.165) is 0 Å². The molecule has 10 heteroatoms. The number of fused-ring (bicyclic) bond motifs is 1. The molecule has 0 saturated heterocycles. The summed E-state index contributed by atoms with van der Waals surface area (Å²) in [5, 5.41) is 9.43. The van der Waals surface area contributed by atoms with E-state index >= 15 is 0 Å². The Hall–Kier alpha value is -4.44. The van der Waals surface area contributed by atoms with Crippen molar-refractivity contribution in [2.45, 2.75) is 26.3 Å². The van der Waals surface area contributed by atoms with Crippen LogP contribution in [0.3, 0.4) is 0 Å². The molecule has 10 nitrogen and oxygen atoms in total. The van der Waals surface area contributed by atoms with E-state index in [1.165, 1.54) is 0 Å². The third-order valence-electron chi connectivity index (χ3n) is 5.84. The molecule has 0 radical (unpaired) electrons. The zero-order chi connectivity index (χ0) is 26.5. The Morgan fingerprint density at radius 1 is 1.14 bits per heavy atom. The summed E-state index contributed by atoms with van der Waals surface area (Å²) in [6, 6.07) is 14.0. The number of aromatic nitrogens is 2. The molecule has 2 amide bonds. The second-order valence-electron chi connectivity index (χ2n) is 8.67. The number of carbonyl (C=O) groups is 2. The van der Waals surface area contributed by atoms with Crippen LogP contribution in [0.4, 0.5) is 17.3 Å². The molecule has 0 fully saturated rings. The number of hydrogen-bond acceptors (Lipinski definition) is 8. The Morgan fingerprint density at radius 3 is 2.65 bits per heavy atom. The van der Waals surface area contributed by atoms with Crippen molar-refractivity contribution in [2.75, 3.05) is 31.8 Å². The number of amides is 2. The number of hydrogen-bond donors (Lipinski definition) is 3. The smallest absolute Gasteiger partial charge is 0.255 e. The van der Waals surface area contributed by atoms with Crippen LogP contribution >= 0.6 is 0 Å². The van der Waals surface area contributed by atoms with Gasteiger partial charge >= 0.3 is 0 Å². The van der Waals surface area contributed by atoms with Crippen molar-refractivity contribution in [1.29, 1.82) is 0 Å². The number of furan rings is 1. The number of benzene rings is 2. The van der Waals surface area contributed by atoms with Crippen molar-refractivity contribution in [2.24, 2.45) is 0 Å². The first-order valence-electron chi connectivity index (χ1n) is 11.9. The van der Waals surface area contributed by atoms with Crippen LogP contribution in [-0.4, -0.2) is 53.9 Å². The fraction of sp³-hybridized carbons (Fsp3) is 0.259. The van der Waals surface area contributed by atoms with Gasteiger partial charge in [0.1, 0.15) is 17.1 Å². The van der Waals surface area contributed by atoms with Crippen molar-refractivity contribution in [1.82, 2.24) is 20.2 Å². The number of aryl methyl sites for hydroxylation is 1. The van der Waals surface area contributed by atoms with Crippen LogP contribution in [0, 0.1) is 6.92 Å². The first-order chi connectivity index (χ1) is 17.8. The van der Waals surface area contributed by atoms with Crippen LogP contribution in [0.1, 0.15) is 30.9 Å². The molecule has 2 aromatic heterocycles. The molecule has 0 aliphatic heterocycles. The minimum atomic E-state index is -0.214. The van der Waals surface area contributed by atoms with Crippen LogP contribution in [0.2, 0.25) is 0 Å². The summed E-state index contributed by atoms with van der Waals surface area (Å²) in [6.07, 6.45) is 2.29. The Bertz CT molecular complexity index is 1440. The van der Waals surface area contributed by atoms with E-state index in [4.69, 9.17) is 9.15 Å². The lowest BCUT2D eigenvalue weighted by Gasteiger charge is -2.22. The number of ether oxygens (including phenoxy) is 1. The summed E-state index contributed by atoms with van der Waals surface area (Å²) in [5.41, 5.74) is 2.42. The predicted molar refractivity (Wildman–Crippen MR) is 145 cm³/mol. The normalized spacial score (nSPS) is 11.8. The molecule has 0 unspecified atom stereocenters. The summed E-state index contributed by atoms with van der Waals surface area (Å²) < 4.78 is 11.7. The van der Waals surface area contributed by atoms with Crippen molar-refractivity contribution in [3.63, 3.8) is 0 Å². The van der Waals surface area contributed by atoms with Gasteiger partial charge in [-0.2, -0.15) is 4.98 Å². The quantitative estimate of drug-likeness (QED) is 0.292. The van der Waals surface area contributed by atoms with Crippen molar-refractivity contribution >= 4 is 40.1 Å². The number of anilines is 3. The molecule has 2 heterocycles. The van der Waals surface area contributed by atoms with E-state index in [9.17, 15) is 9.59 Å². The predicted octanol–water partition coefficient (Wildman–Crippen LogP) is 4.95. The lowest BCUT2D eigenvalue weighted by atomic mass is 10.1. The molecule has 1 atom stereocenters. The zero-order valence-electron chi connectivity index (χ0n) is 21.5. The average Bonchev–Trinajstić information content (AvgIpc) is 3.19. The van der Waals surface area contributed by atoms with Gasteiger partial charge in [0.05, 0.1) is 11.6 Å². The first-order valence-corrected chi connectivity index (χ1v) is 11.9. The number of rotatable bonds is 9. The van der Waals surface area contributed by atoms with E-state index in [2.05, 4.69) is 25.9 Å². The maximum absolute atomic E-state index is 12.6. The molecular formula is C27H32N6O4. The maximum atomic E-state index is 12.6. The summed E-state index contributed by atoms with van der Waals surface area (Å²) in [5.74, 6) is 1.42. The summed E-state index contributed by atoms with van der Waals surface area (Å²) >= 11 is 0. The number of nitrogens with zero attached hydrogens (tertiary/aromatic N) is 3. The molecule has 0 aliphatic rings. The summed E-state index contributed by atoms with van der Waals surface area (Å²) in [6.45, 7) is 3.72. The highest BCUT2D eigenvalue weighted by molar-refractivity contribution is 6.07. The molecule has 0 spiro atoms. The number of nitrogens with one attached hydrogen (secondary N) is 3. The van der Waals surface area contributed by atoms with Crippen molar-refractivity contribution < 1.29 is 20.2 Å². The molecule has 0 bridgehead atoms. The van der Waals surface area contributed by atoms with Crippen molar-refractivity contribution in [3.8, 4) is 11.6 Å². The second kappa shape index (κ2) is 11.1. The van der Waals surface area contributed by atoms with Gasteiger partial charge in [0.15, 0.2) is 0 Å². The Kier molecular flexibility index (Phi) is 7.69. The molecule has 4 aromatic rings. The van der Waals surface area contributed by atoms with Crippen LogP contribution in [-0.2, 0) is 4.79 Å². The minimum absolute atomic E-state index is 0. The molecule has 0 saturated carbocycles. The van der Waals surface area contributed by atoms with Gasteiger partial charge in [-0.25, -0.2) is 4.98 Å². The highest BCUT2D eigenvalue weighted by Gasteiger charge is 2.19. The van der Waals surface area contributed by atoms with Gasteiger partial charge in [0.25, 0.3) is 5.91 Å². The topological polar surface area (TPSA) is 122 Å². The van der Waals surface area contributed by atoms with Gasteiger partial charge in [-0.3, -0.25) is 14.5 Å². The molecular weight excluding hydrogens is 472 g/mol. The molecule has 3 N–H and O–H groups in total. The van der Waals surface area contributed by atoms with Crippen molar-refractivity contribution in [3.05, 3.63) is 66.1 Å². The maximum Gasteiger partial charge on any atom is 0.255 e. The largest absolute Gasteiger partial charge is 0.460 e. The van der Waals surface area contributed by atoms with Gasteiger partial charge in [0.2, 0.25) is 17.7 Å². The number of likely N-dealkylation sites (N-methyl/N-ethyl adjacent to an activating group) is 1. The van der Waals surface area contributed by atoms with Crippen LogP contribution in [0.15, 0.2) is 59.1 Å². The Morgan fingerprint density at radius 2 is 1.92 bits per heavy atom. The summed E-state index contributed by atoms with van der Waals surface area (Å²) in [7, 11) is 5.35. The van der Waals surface area contributed by atoms with E-state index in [-0.39, 0.29) is 19.3 Å². The monoisotopic (exact) mass is 505 g/mol. The molecule has 0 aliphatic carbocycles. The van der Waals surface area contributed by atoms with Gasteiger partial charge < -0.3 is 25.1 Å². The lowest BCUT2D eigenvalue weighted by molar-refractivity contribution is -0.120. The first kappa shape index (κ1) is 25.6. The Labute approximate surface area is 216 Å². The molecule has 2 aromatic carbocycles. The van der Waals surface area contributed by atoms with E-state index in [1.54, 1.807) is 44.4 Å². The minimum Gasteiger partial charge on any atom is -0.460 e. The van der Waals surface area contributed by atoms with Crippen LogP contribution in [0.25, 0.3) is 11.0 Å². The van der Waals surface area contributed by atoms with Gasteiger partial charge in [-0.1, -0.05) is 13.0 Å². The zero-order valence-corrected chi connectivity index (χ0v) is 21.5. The fourth-order valence-corrected chi connectivity index (χ4v) is 4.06. The fourth-order valence-electron chi connectivity index (χ4n) is 4.06. The standard InChI is InChI=1S/C27H30N6O4.H2/c1-6-21(33(4)5)25(34)30-17-8-7-9-18(14-17)31-27-29-13-12-23(32-27)37-19-10-11-20-22(15-19)36-16(2)24(20)26(35)28-3;/h7-15,21H,6H2,1-5H3,(H,28,35)(H,30,34)(H,29,31,32);1H/t21-;/m1./s1/i;1+1. The van der Waals surface area contributed by atoms with Crippen LogP contribution in [0.5, 0.6) is 11.6 Å². The second-order valence-corrected chi connectivity index (χ2v) is 8.67. The third-order valence-corrected chi connectivity index (χ3v) is 5.84. The highest BCUT2D eigenvalue weighted by atomic mass is 16.5. The van der Waals surface area contributed by atoms with E-state index < -0.39 is 0 Å². The third kappa shape index (κ3) is 5.87. The van der Waals surface area contributed by atoms with E-state index in [0.29, 0.717) is 57.7 Å². The highest BCUT2D eigenvalue weighted by Crippen LogP contribution is 2.31. The van der Waals surface area contributed by atoms with Crippen LogP contribution < -0.4 is 20.7 Å². The molecule has 37 heavy (non-hydrogen) atoms. The average molecular weight is 506 g/mol. The Balaban J connectivity index is 0.00000400.